The first kappa shape index (κ1) is 71.4. The predicted molar refractivity (Wildman–Crippen MR) is 268 cm³/mol. The Balaban J connectivity index is 0.000000484. The van der Waals surface area contributed by atoms with Gasteiger partial charge in [0.2, 0.25) is 10.9 Å². The molecule has 4 aliphatic carbocycles. The fraction of sp³-hybridized carbons (Fsp3) is 0.622. The van der Waals surface area contributed by atoms with Gasteiger partial charge in [0.1, 0.15) is 30.4 Å². The minimum absolute atomic E-state index is 0. The van der Waals surface area contributed by atoms with E-state index in [1.165, 1.54) is 61.8 Å². The van der Waals surface area contributed by atoms with E-state index in [9.17, 15) is 48.5 Å². The number of aliphatic hydroxyl groups excluding tert-OH is 5. The van der Waals surface area contributed by atoms with Crippen LogP contribution in [0.2, 0.25) is 0 Å². The third-order valence-electron chi connectivity index (χ3n) is 13.6. The van der Waals surface area contributed by atoms with Crippen molar-refractivity contribution in [1.82, 2.24) is 29.5 Å². The number of carbonyl (C=O) groups is 4. The van der Waals surface area contributed by atoms with Crippen molar-refractivity contribution in [2.24, 2.45) is 34.6 Å². The van der Waals surface area contributed by atoms with Crippen LogP contribution in [0.4, 0.5) is 4.79 Å². The van der Waals surface area contributed by atoms with Crippen LogP contribution < -0.4 is 50.7 Å². The number of aliphatic carboxylic acids is 2. The zero-order valence-corrected chi connectivity index (χ0v) is 48.3. The molecule has 4 saturated carbocycles. The number of carboxylic acids is 2. The van der Waals surface area contributed by atoms with E-state index in [2.05, 4.69) is 33.8 Å². The molecule has 2 amide bonds. The predicted octanol–water partition coefficient (Wildman–Crippen LogP) is -3.40. The summed E-state index contributed by atoms with van der Waals surface area (Å²) in [7, 11) is -5.37. The Kier molecular flexibility index (Phi) is 28.6. The monoisotopic (exact) mass is 1160 g/mol. The molecule has 1 aromatic carbocycles. The molecule has 4 bridgehead atoms. The molecule has 5 aliphatic rings. The number of nitrogens with two attached hydrogens (primary N) is 2. The van der Waals surface area contributed by atoms with Crippen molar-refractivity contribution in [3.8, 4) is 5.75 Å². The number of hydrogen-bond donors (Lipinski definition) is 13. The second kappa shape index (κ2) is 30.9. The van der Waals surface area contributed by atoms with E-state index in [1.54, 1.807) is 13.1 Å². The molecular formula is C45H72ClN8NaO20P2. The van der Waals surface area contributed by atoms with Gasteiger partial charge in [-0.1, -0.05) is 18.2 Å². The van der Waals surface area contributed by atoms with Gasteiger partial charge in [-0.25, -0.2) is 24.0 Å². The molecule has 0 radical (unpaired) electrons. The minimum atomic E-state index is -5.66. The van der Waals surface area contributed by atoms with E-state index in [0.717, 1.165) is 40.5 Å². The molecule has 430 valence electrons. The van der Waals surface area contributed by atoms with Crippen molar-refractivity contribution < 1.29 is 128 Å². The fourth-order valence-electron chi connectivity index (χ4n) is 9.20. The van der Waals surface area contributed by atoms with E-state index in [1.807, 2.05) is 39.2 Å². The topological polar surface area (TPSA) is 469 Å². The standard InChI is InChI=1S/C14H22N2O2.C12H21N.C8H12N4O5.C7H11NO7P2.C4H6O6.ClH.Na/c1-6-16(5)14(17)18-13-9-7-8-12(10-13)11(2)15(3)4;1-8(13)12-5-9-2-10(6-12)4-11(3-9)7-12;9-6(16)7-10-2-12(11-7)8-5(15)4(14)3(1-13)17-8;9-7(16(10,11)12,17(13,14)15)4-6-2-1-3-8-5-6;5-1(3(7)8)2(6)4(9)10;;/h7-11H,6H2,1-5H3;8-11H,2-7,13H2,1H3;2-5,8,13-15H,1H2,(H2,9,16);1-3,5,9H,4H2,(H2,10,11,12)(H2,13,14,15);1-2,5-6H,(H,7,8)(H,9,10);1H;/q;;;;;;+1/p-1/t11-;;3-,4-,5-,8-;;;;/m0.1..../s1. The van der Waals surface area contributed by atoms with Gasteiger partial charge in [-0.05, 0) is 126 Å². The van der Waals surface area contributed by atoms with Crippen molar-refractivity contribution in [2.45, 2.75) is 120 Å². The van der Waals surface area contributed by atoms with Crippen LogP contribution in [0.15, 0.2) is 55.1 Å². The van der Waals surface area contributed by atoms with Gasteiger partial charge >= 0.3 is 55.2 Å². The van der Waals surface area contributed by atoms with E-state index in [-0.39, 0.29) is 65.5 Å². The van der Waals surface area contributed by atoms with E-state index in [4.69, 9.17) is 61.2 Å². The minimum Gasteiger partial charge on any atom is -0.776 e. The third kappa shape index (κ3) is 19.6. The summed E-state index contributed by atoms with van der Waals surface area (Å²) in [6.45, 7) is 6.46. The summed E-state index contributed by atoms with van der Waals surface area (Å²) in [6, 6.07) is 11.1. The first-order valence-corrected chi connectivity index (χ1v) is 26.7. The number of primary amides is 1. The maximum absolute atomic E-state index is 11.7. The number of rotatable bonds is 15. The molecule has 28 nitrogen and oxygen atoms in total. The number of aromatic nitrogens is 4. The van der Waals surface area contributed by atoms with Gasteiger partial charge < -0.3 is 95.7 Å². The summed E-state index contributed by atoms with van der Waals surface area (Å²) in [5.41, 5.74) is 12.9. The molecule has 8 rings (SSSR count). The second-order valence-corrected chi connectivity index (χ2v) is 23.2. The van der Waals surface area contributed by atoms with Gasteiger partial charge in [0.15, 0.2) is 26.0 Å². The van der Waals surface area contributed by atoms with Crippen molar-refractivity contribution in [3.05, 3.63) is 72.1 Å². The quantitative estimate of drug-likeness (QED) is 0.0521. The van der Waals surface area contributed by atoms with Crippen LogP contribution in [0.25, 0.3) is 0 Å². The fourth-order valence-corrected chi connectivity index (χ4v) is 11.3. The molecule has 3 aromatic rings. The molecule has 10 atom stereocenters. The number of pyridine rings is 1. The number of nitrogens with zero attached hydrogens (tertiary/aromatic N) is 6. The molecule has 2 aromatic heterocycles. The van der Waals surface area contributed by atoms with E-state index < -0.39 is 87.9 Å². The number of benzene rings is 1. The van der Waals surface area contributed by atoms with Crippen LogP contribution in [0, 0.1) is 23.2 Å². The Hall–Kier alpha value is -3.58. The van der Waals surface area contributed by atoms with Crippen molar-refractivity contribution in [1.29, 1.82) is 0 Å². The Morgan fingerprint density at radius 3 is 1.86 bits per heavy atom. The molecule has 5 fully saturated rings. The number of hydrogen-bond acceptors (Lipinski definition) is 20. The molecule has 15 N–H and O–H groups in total. The third-order valence-corrected chi connectivity index (χ3v) is 17.2. The van der Waals surface area contributed by atoms with Crippen molar-refractivity contribution in [3.63, 3.8) is 0 Å². The smallest absolute Gasteiger partial charge is 0.776 e. The van der Waals surface area contributed by atoms with Gasteiger partial charge in [0.05, 0.1) is 6.61 Å². The second-order valence-electron chi connectivity index (χ2n) is 19.2. The summed E-state index contributed by atoms with van der Waals surface area (Å²) >= 11 is 0. The van der Waals surface area contributed by atoms with Gasteiger partial charge in [-0.2, -0.15) is 0 Å². The number of carboxylic acid groups (broad SMARTS) is 2. The van der Waals surface area contributed by atoms with E-state index >= 15 is 0 Å². The van der Waals surface area contributed by atoms with Crippen LogP contribution in [0.1, 0.15) is 93.3 Å². The zero-order valence-electron chi connectivity index (χ0n) is 43.6. The zero-order chi connectivity index (χ0) is 57.0. The average Bonchev–Trinajstić information content (AvgIpc) is 3.94. The molecule has 3 heterocycles. The molecule has 5 unspecified atom stereocenters. The maximum atomic E-state index is 11.7. The summed E-state index contributed by atoms with van der Waals surface area (Å²) in [5, 5.41) is 70.3. The number of carbonyl (C=O) groups excluding carboxylic acids is 2. The van der Waals surface area contributed by atoms with Gasteiger partial charge in [0.25, 0.3) is 5.91 Å². The summed E-state index contributed by atoms with van der Waals surface area (Å²) in [5.74, 6) is -0.818. The number of aliphatic hydroxyl groups is 6. The summed E-state index contributed by atoms with van der Waals surface area (Å²) in [4.78, 5) is 90.2. The van der Waals surface area contributed by atoms with Crippen molar-refractivity contribution in [2.75, 3.05) is 34.3 Å². The largest absolute Gasteiger partial charge is 1.00 e. The van der Waals surface area contributed by atoms with Crippen LogP contribution in [-0.2, 0) is 29.9 Å². The summed E-state index contributed by atoms with van der Waals surface area (Å²) < 4.78 is 33.5. The Bertz CT molecular complexity index is 2380. The average molecular weight is 1170 g/mol. The van der Waals surface area contributed by atoms with E-state index in [0.29, 0.717) is 23.8 Å². The summed E-state index contributed by atoms with van der Waals surface area (Å²) in [6.07, 6.45) is 2.37. The van der Waals surface area contributed by atoms with Crippen LogP contribution in [-0.4, -0.2) is 185 Å². The molecule has 0 spiro atoms. The van der Waals surface area contributed by atoms with Gasteiger partial charge in [0, 0.05) is 44.5 Å². The van der Waals surface area contributed by atoms with Crippen LogP contribution in [0.3, 0.4) is 0 Å². The Morgan fingerprint density at radius 1 is 0.948 bits per heavy atom. The Labute approximate surface area is 472 Å². The molecule has 32 heteroatoms. The first-order chi connectivity index (χ1) is 34.7. The maximum Gasteiger partial charge on any atom is 1.00 e. The van der Waals surface area contributed by atoms with Gasteiger partial charge in [-0.15, -0.1) is 17.5 Å². The number of amides is 2. The number of ether oxygens (including phenoxy) is 2. The van der Waals surface area contributed by atoms with Crippen LogP contribution in [0.5, 0.6) is 5.75 Å². The van der Waals surface area contributed by atoms with Crippen LogP contribution >= 0.6 is 27.6 Å². The molecule has 1 aliphatic heterocycles. The molecule has 1 saturated heterocycles. The molecular weight excluding hydrogens is 1090 g/mol. The molecule has 77 heavy (non-hydrogen) atoms. The van der Waals surface area contributed by atoms with Crippen molar-refractivity contribution >= 4 is 51.5 Å². The first-order valence-electron chi connectivity index (χ1n) is 23.5. The Morgan fingerprint density at radius 2 is 1.48 bits per heavy atom. The van der Waals surface area contributed by atoms with Gasteiger partial charge in [-0.3, -0.25) is 14.3 Å². The SMILES string of the molecule is CC(N)C12CC3CC(CC(C3)C1)C2.CCN(C)C(=O)Oc1cccc([C@H](C)N(C)C)c1.Cl.NC(=O)c1ncn([C@@H]2O[C@H](CO)[C@@H](O)[C@H]2O)n1.O=C(O)C(O)C(O)C(=O)O.O=P([O-])(O)C(O)(Cc1cccnc1)P(=O)(O)O.[Na+]. The number of halogens is 1. The normalized spacial score (nSPS) is 25.8.